The molecule has 3 atom stereocenters. The first-order valence-electron chi connectivity index (χ1n) is 8.99. The van der Waals surface area contributed by atoms with E-state index in [2.05, 4.69) is 0 Å². The molecule has 3 N–H and O–H groups in total. The molecule has 0 unspecified atom stereocenters. The SMILES string of the molecule is COc1cc(C[C@@]2(O)C(=O)OC[C@@H]2[C@H](O)c2ccc(OC)c(OC)c2)ccc1O. The highest BCUT2D eigenvalue weighted by Gasteiger charge is 2.54. The molecular formula is C21H24O8. The topological polar surface area (TPSA) is 115 Å². The van der Waals surface area contributed by atoms with E-state index < -0.39 is 23.6 Å². The molecule has 8 heteroatoms. The van der Waals surface area contributed by atoms with E-state index in [0.29, 0.717) is 22.6 Å². The molecule has 0 spiro atoms. The number of aromatic hydroxyl groups is 1. The second-order valence-electron chi connectivity index (χ2n) is 6.87. The van der Waals surface area contributed by atoms with E-state index in [9.17, 15) is 20.1 Å². The van der Waals surface area contributed by atoms with Gasteiger partial charge in [0.05, 0.1) is 33.4 Å². The third kappa shape index (κ3) is 3.81. The van der Waals surface area contributed by atoms with Crippen LogP contribution in [0.25, 0.3) is 0 Å². The highest BCUT2D eigenvalue weighted by atomic mass is 16.6. The van der Waals surface area contributed by atoms with Gasteiger partial charge in [-0.2, -0.15) is 0 Å². The van der Waals surface area contributed by atoms with E-state index in [-0.39, 0.29) is 24.5 Å². The van der Waals surface area contributed by atoms with Crippen molar-refractivity contribution in [1.82, 2.24) is 0 Å². The number of carbonyl (C=O) groups excluding carboxylic acids is 1. The third-order valence-electron chi connectivity index (χ3n) is 5.21. The largest absolute Gasteiger partial charge is 0.504 e. The lowest BCUT2D eigenvalue weighted by atomic mass is 9.79. The molecular weight excluding hydrogens is 380 g/mol. The van der Waals surface area contributed by atoms with Gasteiger partial charge in [-0.1, -0.05) is 12.1 Å². The summed E-state index contributed by atoms with van der Waals surface area (Å²) < 4.78 is 20.6. The number of phenols is 1. The Morgan fingerprint density at radius 1 is 1.07 bits per heavy atom. The zero-order valence-corrected chi connectivity index (χ0v) is 16.4. The Morgan fingerprint density at radius 3 is 2.41 bits per heavy atom. The van der Waals surface area contributed by atoms with Gasteiger partial charge in [0.25, 0.3) is 0 Å². The number of cyclic esters (lactones) is 1. The van der Waals surface area contributed by atoms with E-state index >= 15 is 0 Å². The maximum Gasteiger partial charge on any atom is 0.339 e. The van der Waals surface area contributed by atoms with Crippen LogP contribution in [0.15, 0.2) is 36.4 Å². The molecule has 0 amide bonds. The predicted octanol–water partition coefficient (Wildman–Crippen LogP) is 1.60. The Kier molecular flexibility index (Phi) is 5.86. The zero-order chi connectivity index (χ0) is 21.2. The van der Waals surface area contributed by atoms with Crippen LogP contribution in [0.2, 0.25) is 0 Å². The van der Waals surface area contributed by atoms with Crippen LogP contribution in [0.3, 0.4) is 0 Å². The van der Waals surface area contributed by atoms with Gasteiger partial charge in [-0.25, -0.2) is 4.79 Å². The van der Waals surface area contributed by atoms with E-state index in [1.165, 1.54) is 33.5 Å². The van der Waals surface area contributed by atoms with Crippen LogP contribution in [0.5, 0.6) is 23.0 Å². The molecule has 0 bridgehead atoms. The summed E-state index contributed by atoms with van der Waals surface area (Å²) in [6.07, 6.45) is -1.30. The molecule has 0 saturated carbocycles. The standard InChI is InChI=1S/C21H24O8/c1-26-16-7-5-13(9-18(16)28-3)19(23)14-11-29-20(24)21(14,25)10-12-4-6-15(22)17(8-12)27-2/h4-9,14,19,22-23,25H,10-11H2,1-3H3/t14-,19-,21+/m1/s1. The van der Waals surface area contributed by atoms with Gasteiger partial charge in [0, 0.05) is 6.42 Å². The Hall–Kier alpha value is -2.97. The lowest BCUT2D eigenvalue weighted by molar-refractivity contribution is -0.155. The summed E-state index contributed by atoms with van der Waals surface area (Å²) >= 11 is 0. The Bertz CT molecular complexity index is 896. The molecule has 2 aromatic rings. The quantitative estimate of drug-likeness (QED) is 0.596. The van der Waals surface area contributed by atoms with Crippen LogP contribution >= 0.6 is 0 Å². The number of aliphatic hydroxyl groups excluding tert-OH is 1. The summed E-state index contributed by atoms with van der Waals surface area (Å²) in [5, 5.41) is 31.8. The van der Waals surface area contributed by atoms with Crippen molar-refractivity contribution < 1.29 is 39.1 Å². The first-order valence-corrected chi connectivity index (χ1v) is 8.99. The summed E-state index contributed by atoms with van der Waals surface area (Å²) in [6, 6.07) is 9.38. The lowest BCUT2D eigenvalue weighted by Crippen LogP contribution is -2.45. The van der Waals surface area contributed by atoms with Crippen LogP contribution in [0.1, 0.15) is 17.2 Å². The number of benzene rings is 2. The van der Waals surface area contributed by atoms with Gasteiger partial charge in [0.15, 0.2) is 28.6 Å². The monoisotopic (exact) mass is 404 g/mol. The Morgan fingerprint density at radius 2 is 1.76 bits per heavy atom. The Balaban J connectivity index is 1.91. The maximum absolute atomic E-state index is 12.4. The third-order valence-corrected chi connectivity index (χ3v) is 5.21. The molecule has 1 heterocycles. The average molecular weight is 404 g/mol. The van der Waals surface area contributed by atoms with Crippen molar-refractivity contribution in [3.63, 3.8) is 0 Å². The smallest absolute Gasteiger partial charge is 0.339 e. The highest BCUT2D eigenvalue weighted by molar-refractivity contribution is 5.82. The molecule has 3 rings (SSSR count). The van der Waals surface area contributed by atoms with Crippen molar-refractivity contribution >= 4 is 5.97 Å². The summed E-state index contributed by atoms with van der Waals surface area (Å²) in [5.41, 5.74) is -0.952. The molecule has 29 heavy (non-hydrogen) atoms. The molecule has 0 aliphatic carbocycles. The first-order chi connectivity index (χ1) is 13.8. The number of rotatable bonds is 7. The summed E-state index contributed by atoms with van der Waals surface area (Å²) in [7, 11) is 4.38. The number of carbonyl (C=O) groups is 1. The number of esters is 1. The molecule has 156 valence electrons. The number of ether oxygens (including phenoxy) is 4. The second-order valence-corrected chi connectivity index (χ2v) is 6.87. The van der Waals surface area contributed by atoms with E-state index in [1.807, 2.05) is 0 Å². The van der Waals surface area contributed by atoms with E-state index in [0.717, 1.165) is 0 Å². The van der Waals surface area contributed by atoms with Gasteiger partial charge in [0.2, 0.25) is 0 Å². The van der Waals surface area contributed by atoms with Crippen molar-refractivity contribution in [3.8, 4) is 23.0 Å². The van der Waals surface area contributed by atoms with Crippen LogP contribution in [0, 0.1) is 5.92 Å². The van der Waals surface area contributed by atoms with Gasteiger partial charge in [-0.05, 0) is 35.4 Å². The number of hydrogen-bond donors (Lipinski definition) is 3. The van der Waals surface area contributed by atoms with Crippen molar-refractivity contribution in [2.24, 2.45) is 5.92 Å². The van der Waals surface area contributed by atoms with Gasteiger partial charge in [0.1, 0.15) is 6.61 Å². The molecule has 1 aliphatic rings. The summed E-state index contributed by atoms with van der Waals surface area (Å²) in [5.74, 6) is -0.648. The van der Waals surface area contributed by atoms with Gasteiger partial charge < -0.3 is 34.3 Å². The first kappa shape index (κ1) is 20.8. The van der Waals surface area contributed by atoms with Crippen molar-refractivity contribution in [1.29, 1.82) is 0 Å². The molecule has 1 saturated heterocycles. The minimum absolute atomic E-state index is 0.0563. The predicted molar refractivity (Wildman–Crippen MR) is 102 cm³/mol. The number of phenolic OH excluding ortho intramolecular Hbond substituents is 1. The van der Waals surface area contributed by atoms with Crippen LogP contribution in [-0.4, -0.2) is 54.8 Å². The van der Waals surface area contributed by atoms with Gasteiger partial charge >= 0.3 is 5.97 Å². The van der Waals surface area contributed by atoms with Gasteiger partial charge in [-0.3, -0.25) is 0 Å². The minimum atomic E-state index is -1.95. The Labute approximate surface area is 168 Å². The lowest BCUT2D eigenvalue weighted by Gasteiger charge is -2.29. The van der Waals surface area contributed by atoms with Crippen molar-refractivity contribution in [3.05, 3.63) is 47.5 Å². The van der Waals surface area contributed by atoms with E-state index in [1.54, 1.807) is 24.3 Å². The summed E-state index contributed by atoms with van der Waals surface area (Å²) in [6.45, 7) is -0.139. The summed E-state index contributed by atoms with van der Waals surface area (Å²) in [4.78, 5) is 12.4. The van der Waals surface area contributed by atoms with Gasteiger partial charge in [-0.15, -0.1) is 0 Å². The molecule has 0 aromatic heterocycles. The highest BCUT2D eigenvalue weighted by Crippen LogP contribution is 2.41. The maximum atomic E-state index is 12.4. The number of methoxy groups -OCH3 is 3. The minimum Gasteiger partial charge on any atom is -0.504 e. The fourth-order valence-corrected chi connectivity index (χ4v) is 3.55. The van der Waals surface area contributed by atoms with Crippen LogP contribution in [-0.2, 0) is 16.0 Å². The molecule has 0 radical (unpaired) electrons. The second kappa shape index (κ2) is 8.18. The average Bonchev–Trinajstić information content (AvgIpc) is 3.02. The fourth-order valence-electron chi connectivity index (χ4n) is 3.55. The van der Waals surface area contributed by atoms with Crippen molar-refractivity contribution in [2.45, 2.75) is 18.1 Å². The molecule has 8 nitrogen and oxygen atoms in total. The molecule has 2 aromatic carbocycles. The fraction of sp³-hybridized carbons (Fsp3) is 0.381. The molecule has 1 aliphatic heterocycles. The van der Waals surface area contributed by atoms with Crippen molar-refractivity contribution in [2.75, 3.05) is 27.9 Å². The molecule has 1 fully saturated rings. The normalized spacial score (nSPS) is 22.1. The number of hydrogen-bond acceptors (Lipinski definition) is 8. The number of aliphatic hydroxyl groups is 2. The van der Waals surface area contributed by atoms with Crippen LogP contribution < -0.4 is 14.2 Å². The van der Waals surface area contributed by atoms with E-state index in [4.69, 9.17) is 18.9 Å². The van der Waals surface area contributed by atoms with Crippen LogP contribution in [0.4, 0.5) is 0 Å². The zero-order valence-electron chi connectivity index (χ0n) is 16.4.